The topological polar surface area (TPSA) is 31.2 Å². The summed E-state index contributed by atoms with van der Waals surface area (Å²) in [5.41, 5.74) is 5.37. The zero-order valence-corrected chi connectivity index (χ0v) is 18.1. The third-order valence-electron chi connectivity index (χ3n) is 5.03. The van der Waals surface area contributed by atoms with Crippen molar-refractivity contribution in [2.45, 2.75) is 24.2 Å². The second kappa shape index (κ2) is 7.64. The van der Waals surface area contributed by atoms with Gasteiger partial charge in [0.2, 0.25) is 0 Å². The number of Topliss-reactive ketones (excluding diaryl/α,β-unsaturated/α-hetero) is 1. The number of benzene rings is 2. The van der Waals surface area contributed by atoms with Crippen LogP contribution in [0.25, 0.3) is 11.3 Å². The first kappa shape index (κ1) is 18.5. The van der Waals surface area contributed by atoms with Crippen LogP contribution in [0.5, 0.6) is 5.75 Å². The van der Waals surface area contributed by atoms with Gasteiger partial charge in [0.25, 0.3) is 0 Å². The Morgan fingerprint density at radius 1 is 1.11 bits per heavy atom. The van der Waals surface area contributed by atoms with Crippen LogP contribution in [0.4, 0.5) is 0 Å². The van der Waals surface area contributed by atoms with Crippen LogP contribution in [-0.4, -0.2) is 22.3 Å². The van der Waals surface area contributed by atoms with Gasteiger partial charge in [-0.2, -0.15) is 0 Å². The smallest absolute Gasteiger partial charge is 0.179 e. The fraction of sp³-hybridized carbons (Fsp3) is 0.227. The monoisotopic (exact) mass is 487 g/mol. The molecule has 2 aromatic carbocycles. The van der Waals surface area contributed by atoms with Gasteiger partial charge >= 0.3 is 0 Å². The van der Waals surface area contributed by atoms with Crippen LogP contribution in [0.1, 0.15) is 27.9 Å². The van der Waals surface area contributed by atoms with Crippen LogP contribution < -0.4 is 4.74 Å². The second-order valence-corrected chi connectivity index (χ2v) is 8.52. The van der Waals surface area contributed by atoms with Gasteiger partial charge in [-0.05, 0) is 57.6 Å². The van der Waals surface area contributed by atoms with Gasteiger partial charge in [-0.15, -0.1) is 0 Å². The molecule has 0 saturated heterocycles. The Balaban J connectivity index is 1.86. The highest BCUT2D eigenvalue weighted by molar-refractivity contribution is 9.10. The lowest BCUT2D eigenvalue weighted by Gasteiger charge is -2.17. The summed E-state index contributed by atoms with van der Waals surface area (Å²) in [7, 11) is 1.67. The molecule has 5 heteroatoms. The lowest BCUT2D eigenvalue weighted by molar-refractivity contribution is 0.0981. The first-order valence-electron chi connectivity index (χ1n) is 8.87. The predicted octanol–water partition coefficient (Wildman–Crippen LogP) is 5.87. The Hall–Kier alpha value is -1.85. The van der Waals surface area contributed by atoms with Crippen molar-refractivity contribution in [1.82, 2.24) is 4.57 Å². The van der Waals surface area contributed by atoms with E-state index in [9.17, 15) is 4.79 Å². The molecule has 27 heavy (non-hydrogen) atoms. The first-order valence-corrected chi connectivity index (χ1v) is 10.6. The van der Waals surface area contributed by atoms with Crippen LogP contribution in [0.15, 0.2) is 59.2 Å². The third-order valence-corrected chi connectivity index (χ3v) is 6.72. The highest BCUT2D eigenvalue weighted by Gasteiger charge is 2.33. The standard InChI is InChI=1S/C22H19Br2NO2/c1-27-16-9-7-14(8-10-16)13-25-20(15-5-3-2-4-6-15)17-11-12-18(23)21(26)19(17)22(25)24/h2-10,18H,11-13H2,1H3. The van der Waals surface area contributed by atoms with Crippen molar-refractivity contribution >= 4 is 37.6 Å². The van der Waals surface area contributed by atoms with E-state index in [0.29, 0.717) is 6.54 Å². The average molecular weight is 489 g/mol. The Morgan fingerprint density at radius 2 is 1.81 bits per heavy atom. The summed E-state index contributed by atoms with van der Waals surface area (Å²) in [6, 6.07) is 18.4. The number of carbonyl (C=O) groups excluding carboxylic acids is 1. The number of alkyl halides is 1. The maximum Gasteiger partial charge on any atom is 0.179 e. The van der Waals surface area contributed by atoms with E-state index < -0.39 is 0 Å². The van der Waals surface area contributed by atoms with Crippen LogP contribution >= 0.6 is 31.9 Å². The number of fused-ring (bicyclic) bond motifs is 1. The van der Waals surface area contributed by atoms with Crippen LogP contribution in [0, 0.1) is 0 Å². The number of hydrogen-bond acceptors (Lipinski definition) is 2. The molecule has 1 atom stereocenters. The molecule has 1 aliphatic carbocycles. The summed E-state index contributed by atoms with van der Waals surface area (Å²) in [5.74, 6) is 0.999. The van der Waals surface area contributed by atoms with Gasteiger partial charge in [0, 0.05) is 6.54 Å². The highest BCUT2D eigenvalue weighted by Crippen LogP contribution is 2.41. The normalized spacial score (nSPS) is 16.3. The molecule has 0 fully saturated rings. The summed E-state index contributed by atoms with van der Waals surface area (Å²) in [4.78, 5) is 12.8. The van der Waals surface area contributed by atoms with Gasteiger partial charge in [0.1, 0.15) is 5.75 Å². The molecular formula is C22H19Br2NO2. The van der Waals surface area contributed by atoms with Gasteiger partial charge in [0.05, 0.1) is 27.8 Å². The van der Waals surface area contributed by atoms with Gasteiger partial charge in [-0.25, -0.2) is 0 Å². The summed E-state index contributed by atoms with van der Waals surface area (Å²) >= 11 is 7.27. The molecular weight excluding hydrogens is 470 g/mol. The zero-order valence-electron chi connectivity index (χ0n) is 14.9. The van der Waals surface area contributed by atoms with E-state index in [1.807, 2.05) is 30.3 Å². The number of ketones is 1. The lowest BCUT2D eigenvalue weighted by Crippen LogP contribution is -2.21. The fourth-order valence-corrected chi connectivity index (χ4v) is 4.87. The third kappa shape index (κ3) is 3.39. The number of rotatable bonds is 4. The zero-order chi connectivity index (χ0) is 19.0. The number of hydrogen-bond donors (Lipinski definition) is 0. The molecule has 0 saturated carbocycles. The van der Waals surface area contributed by atoms with Crippen LogP contribution in [-0.2, 0) is 13.0 Å². The number of aromatic nitrogens is 1. The quantitative estimate of drug-likeness (QED) is 0.430. The van der Waals surface area contributed by atoms with E-state index in [2.05, 4.69) is 60.7 Å². The second-order valence-electron chi connectivity index (χ2n) is 6.66. The van der Waals surface area contributed by atoms with Gasteiger partial charge in [-0.3, -0.25) is 4.79 Å². The molecule has 0 bridgehead atoms. The summed E-state index contributed by atoms with van der Waals surface area (Å²) in [5, 5.41) is 0. The molecule has 1 unspecified atom stereocenters. The minimum atomic E-state index is -0.109. The molecule has 1 aromatic heterocycles. The maximum atomic E-state index is 12.9. The maximum absolute atomic E-state index is 12.9. The lowest BCUT2D eigenvalue weighted by atomic mass is 9.91. The number of carbonyl (C=O) groups is 1. The summed E-state index contributed by atoms with van der Waals surface area (Å²) < 4.78 is 8.34. The number of ether oxygens (including phenoxy) is 1. The van der Waals surface area contributed by atoms with Gasteiger partial charge in [0.15, 0.2) is 5.78 Å². The molecule has 4 rings (SSSR count). The molecule has 0 aliphatic heterocycles. The van der Waals surface area contributed by atoms with E-state index in [-0.39, 0.29) is 10.6 Å². The Labute approximate surface area is 175 Å². The first-order chi connectivity index (χ1) is 13.1. The van der Waals surface area contributed by atoms with Crippen LogP contribution in [0.2, 0.25) is 0 Å². The van der Waals surface area contributed by atoms with E-state index >= 15 is 0 Å². The molecule has 1 aliphatic rings. The fourth-order valence-electron chi connectivity index (χ4n) is 3.68. The molecule has 138 valence electrons. The van der Waals surface area contributed by atoms with Crippen molar-refractivity contribution in [3.8, 4) is 17.0 Å². The summed E-state index contributed by atoms with van der Waals surface area (Å²) in [6.07, 6.45) is 1.71. The van der Waals surface area contributed by atoms with E-state index in [1.165, 1.54) is 0 Å². The number of methoxy groups -OCH3 is 1. The van der Waals surface area contributed by atoms with Crippen molar-refractivity contribution in [2.24, 2.45) is 0 Å². The van der Waals surface area contributed by atoms with Crippen molar-refractivity contribution in [3.63, 3.8) is 0 Å². The molecule has 0 amide bonds. The Kier molecular flexibility index (Phi) is 5.24. The number of nitrogens with zero attached hydrogens (tertiary/aromatic N) is 1. The SMILES string of the molecule is COc1ccc(Cn2c(Br)c3c(c2-c2ccccc2)CCC(Br)C3=O)cc1. The Bertz CT molecular complexity index is 978. The average Bonchev–Trinajstić information content (AvgIpc) is 2.98. The predicted molar refractivity (Wildman–Crippen MR) is 115 cm³/mol. The molecule has 0 spiro atoms. The van der Waals surface area contributed by atoms with E-state index in [1.54, 1.807) is 7.11 Å². The van der Waals surface area contributed by atoms with Crippen molar-refractivity contribution in [2.75, 3.05) is 7.11 Å². The minimum Gasteiger partial charge on any atom is -0.497 e. The van der Waals surface area contributed by atoms with E-state index in [0.717, 1.165) is 51.1 Å². The Morgan fingerprint density at radius 3 is 2.48 bits per heavy atom. The highest BCUT2D eigenvalue weighted by atomic mass is 79.9. The molecule has 3 nitrogen and oxygen atoms in total. The largest absolute Gasteiger partial charge is 0.497 e. The minimum absolute atomic E-state index is 0.109. The molecule has 0 N–H and O–H groups in total. The molecule has 0 radical (unpaired) electrons. The van der Waals surface area contributed by atoms with Crippen molar-refractivity contribution < 1.29 is 9.53 Å². The molecule has 1 heterocycles. The van der Waals surface area contributed by atoms with Gasteiger partial charge < -0.3 is 9.30 Å². The summed E-state index contributed by atoms with van der Waals surface area (Å²) in [6.45, 7) is 0.683. The van der Waals surface area contributed by atoms with Crippen molar-refractivity contribution in [3.05, 3.63) is 75.9 Å². The van der Waals surface area contributed by atoms with Crippen molar-refractivity contribution in [1.29, 1.82) is 0 Å². The van der Waals surface area contributed by atoms with E-state index in [4.69, 9.17) is 4.74 Å². The number of halogens is 2. The van der Waals surface area contributed by atoms with Gasteiger partial charge in [-0.1, -0.05) is 58.4 Å². The van der Waals surface area contributed by atoms with Crippen LogP contribution in [0.3, 0.4) is 0 Å². The molecule has 3 aromatic rings.